The highest BCUT2D eigenvalue weighted by Gasteiger charge is 2.03. The van der Waals surface area contributed by atoms with Crippen LogP contribution in [-0.4, -0.2) is 0 Å². The van der Waals surface area contributed by atoms with Crippen molar-refractivity contribution in [3.8, 4) is 11.1 Å². The highest BCUT2D eigenvalue weighted by atomic mass is 14.9. The van der Waals surface area contributed by atoms with Crippen LogP contribution in [0.2, 0.25) is 0 Å². The largest absolute Gasteiger partial charge is 0.359 e. The van der Waals surface area contributed by atoms with Crippen molar-refractivity contribution in [1.29, 1.82) is 0 Å². The van der Waals surface area contributed by atoms with Crippen molar-refractivity contribution < 1.29 is 0 Å². The summed E-state index contributed by atoms with van der Waals surface area (Å²) in [6.45, 7) is 0. The van der Waals surface area contributed by atoms with Gasteiger partial charge in [0.05, 0.1) is 0 Å². The fourth-order valence-electron chi connectivity index (χ4n) is 3.10. The van der Waals surface area contributed by atoms with Crippen LogP contribution in [-0.2, 0) is 0 Å². The van der Waals surface area contributed by atoms with E-state index in [1.807, 2.05) is 12.1 Å². The van der Waals surface area contributed by atoms with E-state index in [2.05, 4.69) is 102 Å². The Morgan fingerprint density at radius 2 is 1.19 bits per heavy atom. The zero-order chi connectivity index (χ0) is 17.6. The summed E-state index contributed by atoms with van der Waals surface area (Å²) in [6.07, 6.45) is 9.65. The van der Waals surface area contributed by atoms with Gasteiger partial charge in [-0.2, -0.15) is 0 Å². The van der Waals surface area contributed by atoms with Crippen LogP contribution >= 0.6 is 0 Å². The zero-order valence-electron chi connectivity index (χ0n) is 14.6. The van der Waals surface area contributed by atoms with Gasteiger partial charge in [0.25, 0.3) is 0 Å². The molecule has 1 aliphatic carbocycles. The molecule has 0 fully saturated rings. The molecular formula is C25H21N. The molecule has 0 amide bonds. The molecule has 0 heterocycles. The summed E-state index contributed by atoms with van der Waals surface area (Å²) in [4.78, 5) is 0. The summed E-state index contributed by atoms with van der Waals surface area (Å²) in [7, 11) is 0. The summed E-state index contributed by atoms with van der Waals surface area (Å²) in [5.74, 6) is 0. The van der Waals surface area contributed by atoms with Gasteiger partial charge in [-0.1, -0.05) is 91.0 Å². The number of allylic oxidation sites excluding steroid dienone is 5. The monoisotopic (exact) mass is 335 g/mol. The van der Waals surface area contributed by atoms with E-state index in [9.17, 15) is 0 Å². The van der Waals surface area contributed by atoms with E-state index in [1.54, 1.807) is 0 Å². The number of rotatable bonds is 4. The second-order valence-electron chi connectivity index (χ2n) is 6.35. The second kappa shape index (κ2) is 7.71. The third-order valence-corrected chi connectivity index (χ3v) is 4.50. The maximum atomic E-state index is 3.54. The Balaban J connectivity index is 1.50. The highest BCUT2D eigenvalue weighted by molar-refractivity contribution is 5.76. The fraction of sp³-hybridized carbons (Fsp3) is 0.0400. The second-order valence-corrected chi connectivity index (χ2v) is 6.35. The Hall–Kier alpha value is -3.32. The number of anilines is 1. The molecule has 0 aliphatic heterocycles. The van der Waals surface area contributed by atoms with Gasteiger partial charge in [-0.05, 0) is 40.5 Å². The van der Waals surface area contributed by atoms with Gasteiger partial charge in [0.2, 0.25) is 0 Å². The van der Waals surface area contributed by atoms with Crippen molar-refractivity contribution in [1.82, 2.24) is 0 Å². The predicted molar refractivity (Wildman–Crippen MR) is 112 cm³/mol. The summed E-state index contributed by atoms with van der Waals surface area (Å²) in [6, 6.07) is 29.5. The molecule has 0 unspecified atom stereocenters. The van der Waals surface area contributed by atoms with Gasteiger partial charge in [-0.25, -0.2) is 0 Å². The molecular weight excluding hydrogens is 314 g/mol. The minimum absolute atomic E-state index is 0.896. The molecule has 1 N–H and O–H groups in total. The van der Waals surface area contributed by atoms with E-state index in [0.29, 0.717) is 0 Å². The molecule has 4 rings (SSSR count). The van der Waals surface area contributed by atoms with Crippen molar-refractivity contribution in [3.63, 3.8) is 0 Å². The predicted octanol–water partition coefficient (Wildman–Crippen LogP) is 6.69. The van der Waals surface area contributed by atoms with Crippen molar-refractivity contribution in [2.45, 2.75) is 6.42 Å². The molecule has 0 aromatic heterocycles. The van der Waals surface area contributed by atoms with Gasteiger partial charge in [0.1, 0.15) is 0 Å². The first-order chi connectivity index (χ1) is 12.9. The average Bonchev–Trinajstić information content (AvgIpc) is 2.96. The summed E-state index contributed by atoms with van der Waals surface area (Å²) >= 11 is 0. The number of nitrogens with one attached hydrogen (secondary N) is 1. The van der Waals surface area contributed by atoms with Gasteiger partial charge < -0.3 is 5.32 Å². The molecule has 0 saturated heterocycles. The third kappa shape index (κ3) is 3.84. The van der Waals surface area contributed by atoms with Crippen molar-refractivity contribution >= 4 is 11.3 Å². The maximum Gasteiger partial charge on any atom is 0.0382 e. The minimum Gasteiger partial charge on any atom is -0.359 e. The first-order valence-electron chi connectivity index (χ1n) is 8.94. The van der Waals surface area contributed by atoms with Gasteiger partial charge >= 0.3 is 0 Å². The van der Waals surface area contributed by atoms with Gasteiger partial charge in [-0.3, -0.25) is 0 Å². The lowest BCUT2D eigenvalue weighted by Crippen LogP contribution is -1.97. The molecule has 0 radical (unpaired) electrons. The molecule has 0 saturated carbocycles. The standard InChI is InChI=1S/C25H21N/c1-3-8-20(9-4-1)22-12-7-13-24(17-14-22)26-25-18-15-23(16-19-25)21-10-5-2-6-11-21/h1-12,14-19,26H,13H2. The summed E-state index contributed by atoms with van der Waals surface area (Å²) in [5, 5.41) is 3.54. The summed E-state index contributed by atoms with van der Waals surface area (Å²) in [5.41, 5.74) is 7.26. The lowest BCUT2D eigenvalue weighted by Gasteiger charge is -2.09. The molecule has 1 nitrogen and oxygen atoms in total. The van der Waals surface area contributed by atoms with Gasteiger partial charge in [0, 0.05) is 17.8 Å². The SMILES string of the molecule is C1=CC(c2ccccc2)=CC=C(Nc2ccc(-c3ccccc3)cc2)C1. The normalized spacial score (nSPS) is 13.5. The molecule has 3 aromatic rings. The quantitative estimate of drug-likeness (QED) is 0.560. The van der Waals surface area contributed by atoms with Crippen LogP contribution < -0.4 is 5.32 Å². The van der Waals surface area contributed by atoms with Crippen molar-refractivity contribution in [3.05, 3.63) is 120 Å². The van der Waals surface area contributed by atoms with E-state index >= 15 is 0 Å². The van der Waals surface area contributed by atoms with Crippen LogP contribution in [0.3, 0.4) is 0 Å². The van der Waals surface area contributed by atoms with E-state index in [4.69, 9.17) is 0 Å². The Labute approximate surface area is 155 Å². The first kappa shape index (κ1) is 16.2. The third-order valence-electron chi connectivity index (χ3n) is 4.50. The van der Waals surface area contributed by atoms with Crippen LogP contribution in [0.1, 0.15) is 12.0 Å². The molecule has 1 aliphatic rings. The minimum atomic E-state index is 0.896. The Morgan fingerprint density at radius 3 is 1.88 bits per heavy atom. The zero-order valence-corrected chi connectivity index (χ0v) is 14.6. The molecule has 0 spiro atoms. The van der Waals surface area contributed by atoms with Crippen molar-refractivity contribution in [2.24, 2.45) is 0 Å². The van der Waals surface area contributed by atoms with Crippen LogP contribution in [0.4, 0.5) is 5.69 Å². The molecule has 1 heteroatoms. The van der Waals surface area contributed by atoms with Crippen LogP contribution in [0.5, 0.6) is 0 Å². The Kier molecular flexibility index (Phi) is 4.79. The Morgan fingerprint density at radius 1 is 0.577 bits per heavy atom. The number of hydrogen-bond acceptors (Lipinski definition) is 1. The highest BCUT2D eigenvalue weighted by Crippen LogP contribution is 2.24. The van der Waals surface area contributed by atoms with Gasteiger partial charge in [-0.15, -0.1) is 0 Å². The Bertz CT molecular complexity index is 946. The van der Waals surface area contributed by atoms with Gasteiger partial charge in [0.15, 0.2) is 0 Å². The maximum absolute atomic E-state index is 3.54. The van der Waals surface area contributed by atoms with E-state index in [1.165, 1.54) is 28.0 Å². The smallest absolute Gasteiger partial charge is 0.0382 e. The number of benzene rings is 3. The van der Waals surface area contributed by atoms with E-state index < -0.39 is 0 Å². The summed E-state index contributed by atoms with van der Waals surface area (Å²) < 4.78 is 0. The van der Waals surface area contributed by atoms with E-state index in [0.717, 1.165) is 12.1 Å². The molecule has 3 aromatic carbocycles. The van der Waals surface area contributed by atoms with Crippen LogP contribution in [0, 0.1) is 0 Å². The molecule has 0 bridgehead atoms. The molecule has 26 heavy (non-hydrogen) atoms. The van der Waals surface area contributed by atoms with Crippen molar-refractivity contribution in [2.75, 3.05) is 5.32 Å². The number of hydrogen-bond donors (Lipinski definition) is 1. The van der Waals surface area contributed by atoms with Crippen LogP contribution in [0.15, 0.2) is 115 Å². The topological polar surface area (TPSA) is 12.0 Å². The fourth-order valence-corrected chi connectivity index (χ4v) is 3.10. The average molecular weight is 335 g/mol. The van der Waals surface area contributed by atoms with Crippen LogP contribution in [0.25, 0.3) is 16.7 Å². The lowest BCUT2D eigenvalue weighted by atomic mass is 10.1. The van der Waals surface area contributed by atoms with E-state index in [-0.39, 0.29) is 0 Å². The lowest BCUT2D eigenvalue weighted by molar-refractivity contribution is 1.22. The first-order valence-corrected chi connectivity index (χ1v) is 8.94. The molecule has 126 valence electrons. The molecule has 0 atom stereocenters.